The third-order valence-electron chi connectivity index (χ3n) is 5.06. The molecule has 0 saturated carbocycles. The van der Waals surface area contributed by atoms with Crippen molar-refractivity contribution < 1.29 is 31.8 Å². The topological polar surface area (TPSA) is 111 Å². The molecule has 1 saturated heterocycles. The first-order chi connectivity index (χ1) is 15.4. The fraction of sp³-hybridized carbons (Fsp3) is 0.400. The van der Waals surface area contributed by atoms with Gasteiger partial charge < -0.3 is 20.5 Å². The fourth-order valence-electron chi connectivity index (χ4n) is 3.14. The predicted molar refractivity (Wildman–Crippen MR) is 113 cm³/mol. The number of anilines is 1. The number of hydrazine groups is 1. The molecule has 0 radical (unpaired) electrons. The third kappa shape index (κ3) is 5.40. The summed E-state index contributed by atoms with van der Waals surface area (Å²) in [5, 5.41) is 2.58. The number of rotatable bonds is 6. The summed E-state index contributed by atoms with van der Waals surface area (Å²) in [4.78, 5) is 16.9. The molecule has 0 bridgehead atoms. The molecule has 13 heteroatoms. The molecule has 1 aliphatic rings. The van der Waals surface area contributed by atoms with Crippen LogP contribution in [0.15, 0.2) is 24.3 Å². The van der Waals surface area contributed by atoms with Gasteiger partial charge in [-0.2, -0.15) is 13.2 Å². The minimum absolute atomic E-state index is 0.0147. The van der Waals surface area contributed by atoms with E-state index in [0.29, 0.717) is 0 Å². The first-order valence-electron chi connectivity index (χ1n) is 9.76. The van der Waals surface area contributed by atoms with E-state index in [4.69, 9.17) is 26.8 Å². The van der Waals surface area contributed by atoms with Gasteiger partial charge in [0.25, 0.3) is 5.91 Å². The number of nitrogens with one attached hydrogen (secondary N) is 3. The number of alkyl halides is 4. The van der Waals surface area contributed by atoms with Gasteiger partial charge >= 0.3 is 6.18 Å². The zero-order valence-corrected chi connectivity index (χ0v) is 18.5. The van der Waals surface area contributed by atoms with Crippen LogP contribution in [0.4, 0.5) is 23.4 Å². The molecular weight excluding hydrogens is 470 g/mol. The highest BCUT2D eigenvalue weighted by Crippen LogP contribution is 2.34. The maximum Gasteiger partial charge on any atom is 0.425 e. The molecule has 5 N–H and O–H groups in total. The van der Waals surface area contributed by atoms with Gasteiger partial charge in [-0.25, -0.2) is 14.8 Å². The summed E-state index contributed by atoms with van der Waals surface area (Å²) in [6.45, 7) is 2.50. The lowest BCUT2D eigenvalue weighted by Crippen LogP contribution is -2.45. The third-order valence-corrected chi connectivity index (χ3v) is 5.44. The molecule has 1 fully saturated rings. The monoisotopic (exact) mass is 491 g/mol. The quantitative estimate of drug-likeness (QED) is 0.279. The van der Waals surface area contributed by atoms with Gasteiger partial charge in [-0.15, -0.1) is 11.6 Å². The molecule has 1 amide bonds. The van der Waals surface area contributed by atoms with E-state index < -0.39 is 46.9 Å². The predicted octanol–water partition coefficient (Wildman–Crippen LogP) is 2.97. The number of hydrogen-bond donors (Lipinski definition) is 4. The van der Waals surface area contributed by atoms with Crippen molar-refractivity contribution in [3.8, 4) is 22.8 Å². The van der Waals surface area contributed by atoms with Gasteiger partial charge in [-0.1, -0.05) is 0 Å². The molecule has 0 spiro atoms. The van der Waals surface area contributed by atoms with E-state index in [1.54, 1.807) is 6.92 Å². The number of halogens is 5. The number of benzene rings is 1. The van der Waals surface area contributed by atoms with E-state index in [0.717, 1.165) is 19.1 Å². The molecule has 3 rings (SSSR count). The van der Waals surface area contributed by atoms with Crippen molar-refractivity contribution in [2.24, 2.45) is 0 Å². The summed E-state index contributed by atoms with van der Waals surface area (Å²) in [7, 11) is 1.37. The van der Waals surface area contributed by atoms with Gasteiger partial charge in [-0.3, -0.25) is 10.2 Å². The van der Waals surface area contributed by atoms with Gasteiger partial charge in [-0.05, 0) is 38.1 Å². The number of hydrogen-bond acceptors (Lipinski definition) is 7. The van der Waals surface area contributed by atoms with Crippen molar-refractivity contribution in [3.05, 3.63) is 35.6 Å². The second kappa shape index (κ2) is 9.57. The Bertz CT molecular complexity index is 1030. The number of pyridine rings is 1. The van der Waals surface area contributed by atoms with E-state index in [1.807, 2.05) is 0 Å². The normalized spacial score (nSPS) is 21.5. The molecule has 4 atom stereocenters. The number of methoxy groups -OCH3 is 1. The summed E-state index contributed by atoms with van der Waals surface area (Å²) in [5.74, 6) is -2.07. The molecule has 1 aromatic heterocycles. The average Bonchev–Trinajstić information content (AvgIpc) is 3.05. The second-order valence-corrected chi connectivity index (χ2v) is 7.86. The van der Waals surface area contributed by atoms with E-state index >= 15 is 4.39 Å². The SMILES string of the molecule is COc1ccc(-c2cc(OC(C)C(F)(F)F)c(C(=O)NC3C(C)NNC3Cl)cc2F)nc1N. The summed E-state index contributed by atoms with van der Waals surface area (Å²) >= 11 is 6.09. The zero-order chi connectivity index (χ0) is 24.5. The molecule has 2 aromatic rings. The zero-order valence-electron chi connectivity index (χ0n) is 17.8. The summed E-state index contributed by atoms with van der Waals surface area (Å²) < 4.78 is 64.5. The number of carbonyl (C=O) groups is 1. The first-order valence-corrected chi connectivity index (χ1v) is 10.2. The number of nitrogens with zero attached hydrogens (tertiary/aromatic N) is 1. The van der Waals surface area contributed by atoms with Crippen LogP contribution < -0.4 is 31.4 Å². The molecule has 180 valence electrons. The standard InChI is InChI=1S/C20H22ClF4N5O3/c1-8-16(17(21)30-29-8)28-19(31)11-6-12(22)10(7-15(11)33-9(2)20(23,24)25)13-4-5-14(32-3)18(26)27-13/h4-9,16-17,29-30H,1-3H3,(H2,26,27)(H,28,31). The molecule has 1 aromatic carbocycles. The van der Waals surface area contributed by atoms with Crippen LogP contribution in [0.1, 0.15) is 24.2 Å². The fourth-order valence-corrected chi connectivity index (χ4v) is 3.48. The van der Waals surface area contributed by atoms with E-state index in [9.17, 15) is 18.0 Å². The van der Waals surface area contributed by atoms with Crippen LogP contribution in [0.3, 0.4) is 0 Å². The molecule has 1 aliphatic heterocycles. The average molecular weight is 492 g/mol. The van der Waals surface area contributed by atoms with Crippen LogP contribution in [0.25, 0.3) is 11.3 Å². The Morgan fingerprint density at radius 3 is 2.52 bits per heavy atom. The maximum atomic E-state index is 15.0. The molecule has 2 heterocycles. The lowest BCUT2D eigenvalue weighted by molar-refractivity contribution is -0.189. The summed E-state index contributed by atoms with van der Waals surface area (Å²) in [6.07, 6.45) is -6.99. The van der Waals surface area contributed by atoms with Crippen molar-refractivity contribution in [2.45, 2.75) is 43.7 Å². The highest BCUT2D eigenvalue weighted by Gasteiger charge is 2.39. The van der Waals surface area contributed by atoms with Gasteiger partial charge in [0.15, 0.2) is 17.7 Å². The van der Waals surface area contributed by atoms with Crippen LogP contribution in [0, 0.1) is 5.82 Å². The number of aromatic nitrogens is 1. The van der Waals surface area contributed by atoms with Gasteiger partial charge in [0, 0.05) is 11.6 Å². The Morgan fingerprint density at radius 2 is 1.97 bits per heavy atom. The van der Waals surface area contributed by atoms with Crippen molar-refractivity contribution in [1.82, 2.24) is 21.2 Å². The highest BCUT2D eigenvalue weighted by atomic mass is 35.5. The van der Waals surface area contributed by atoms with Gasteiger partial charge in [0.1, 0.15) is 17.1 Å². The summed E-state index contributed by atoms with van der Waals surface area (Å²) in [6, 6.07) is 3.64. The first kappa shape index (κ1) is 24.8. The van der Waals surface area contributed by atoms with Gasteiger partial charge in [0.05, 0.1) is 24.4 Å². The van der Waals surface area contributed by atoms with Crippen molar-refractivity contribution >= 4 is 23.3 Å². The van der Waals surface area contributed by atoms with E-state index in [1.165, 1.54) is 19.2 Å². The number of ether oxygens (including phenoxy) is 2. The Kier molecular flexibility index (Phi) is 7.20. The molecule has 8 nitrogen and oxygen atoms in total. The largest absolute Gasteiger partial charge is 0.493 e. The molecule has 4 unspecified atom stereocenters. The van der Waals surface area contributed by atoms with Gasteiger partial charge in [0.2, 0.25) is 0 Å². The number of carbonyl (C=O) groups excluding carboxylic acids is 1. The minimum Gasteiger partial charge on any atom is -0.493 e. The van der Waals surface area contributed by atoms with Crippen molar-refractivity contribution in [2.75, 3.05) is 12.8 Å². The lowest BCUT2D eigenvalue weighted by Gasteiger charge is -2.22. The Labute approximate surface area is 191 Å². The Hall–Kier alpha value is -2.83. The van der Waals surface area contributed by atoms with Crippen LogP contribution in [0.2, 0.25) is 0 Å². The highest BCUT2D eigenvalue weighted by molar-refractivity contribution is 6.21. The molecule has 0 aliphatic carbocycles. The summed E-state index contributed by atoms with van der Waals surface area (Å²) in [5.41, 5.74) is 9.97. The van der Waals surface area contributed by atoms with E-state index in [2.05, 4.69) is 21.2 Å². The lowest BCUT2D eigenvalue weighted by atomic mass is 10.0. The number of nitrogens with two attached hydrogens (primary N) is 1. The smallest absolute Gasteiger partial charge is 0.425 e. The number of amides is 1. The maximum absolute atomic E-state index is 15.0. The van der Waals surface area contributed by atoms with Crippen LogP contribution in [0.5, 0.6) is 11.5 Å². The van der Waals surface area contributed by atoms with Crippen LogP contribution in [-0.4, -0.2) is 47.9 Å². The Balaban J connectivity index is 2.04. The molecule has 33 heavy (non-hydrogen) atoms. The van der Waals surface area contributed by atoms with E-state index in [-0.39, 0.29) is 28.9 Å². The van der Waals surface area contributed by atoms with Crippen LogP contribution >= 0.6 is 11.6 Å². The number of nitrogen functional groups attached to an aromatic ring is 1. The Morgan fingerprint density at radius 1 is 1.27 bits per heavy atom. The second-order valence-electron chi connectivity index (χ2n) is 7.39. The van der Waals surface area contributed by atoms with Crippen molar-refractivity contribution in [1.29, 1.82) is 0 Å². The van der Waals surface area contributed by atoms with Crippen LogP contribution in [-0.2, 0) is 0 Å². The van der Waals surface area contributed by atoms with Crippen molar-refractivity contribution in [3.63, 3.8) is 0 Å². The molecular formula is C20H22ClF4N5O3. The minimum atomic E-state index is -4.72.